The minimum atomic E-state index is -1.13. The molecule has 0 saturated heterocycles. The summed E-state index contributed by atoms with van der Waals surface area (Å²) in [6.45, 7) is 0. The molecular weight excluding hydrogens is 520 g/mol. The zero-order valence-electron chi connectivity index (χ0n) is 20.6. The Hall–Kier alpha value is -5.35. The van der Waals surface area contributed by atoms with Crippen LogP contribution in [0.2, 0.25) is 0 Å². The maximum atomic E-state index is 13.8. The summed E-state index contributed by atoms with van der Waals surface area (Å²) in [4.78, 5) is 13.8. The second-order valence-electron chi connectivity index (χ2n) is 9.52. The quantitative estimate of drug-likeness (QED) is 0.173. The molecule has 10 heteroatoms. The number of benzene rings is 4. The molecule has 0 radical (unpaired) electrons. The van der Waals surface area contributed by atoms with Gasteiger partial charge in [0.15, 0.2) is 0 Å². The number of hydrogen-bond acceptors (Lipinski definition) is 10. The van der Waals surface area contributed by atoms with Crippen molar-refractivity contribution in [3.05, 3.63) is 88.1 Å². The standard InChI is InChI=1S/C30H22O10/c31-15-5-1-13(2-6-15)29-21(36)11-18-22(39-29)12-20(35)25(27(18)37)26-28(38)24-19(34)9-17(33)10-23(24)40-30(26)14-3-7-16(32)8-4-14/h1-10,12,21,29,31-37H,11H2. The average molecular weight is 542 g/mol. The Kier molecular flexibility index (Phi) is 5.70. The van der Waals surface area contributed by atoms with Gasteiger partial charge in [-0.15, -0.1) is 0 Å². The Labute approximate surface area is 225 Å². The van der Waals surface area contributed by atoms with Gasteiger partial charge in [-0.1, -0.05) is 12.1 Å². The second-order valence-corrected chi connectivity index (χ2v) is 9.52. The van der Waals surface area contributed by atoms with Gasteiger partial charge in [-0.2, -0.15) is 0 Å². The lowest BCUT2D eigenvalue weighted by molar-refractivity contribution is 0.0198. The topological polar surface area (TPSA) is 181 Å². The maximum absolute atomic E-state index is 13.8. The highest BCUT2D eigenvalue weighted by atomic mass is 16.5. The lowest BCUT2D eigenvalue weighted by Gasteiger charge is -2.32. The normalized spacial score (nSPS) is 16.4. The summed E-state index contributed by atoms with van der Waals surface area (Å²) in [7, 11) is 0. The highest BCUT2D eigenvalue weighted by molar-refractivity contribution is 5.96. The van der Waals surface area contributed by atoms with E-state index < -0.39 is 34.9 Å². The summed E-state index contributed by atoms with van der Waals surface area (Å²) < 4.78 is 11.9. The van der Waals surface area contributed by atoms with Crippen LogP contribution in [0.15, 0.2) is 75.9 Å². The van der Waals surface area contributed by atoms with Gasteiger partial charge in [0.25, 0.3) is 0 Å². The molecule has 0 fully saturated rings. The molecule has 4 aromatic carbocycles. The Morgan fingerprint density at radius 3 is 2.05 bits per heavy atom. The SMILES string of the molecule is O=c1c(-c2c(O)cc3c(c2O)CC(O)C(c2ccc(O)cc2)O3)c(-c2ccc(O)cc2)oc2cc(O)cc(O)c12. The second kappa shape index (κ2) is 9.14. The number of hydrogen-bond donors (Lipinski definition) is 7. The third-order valence-corrected chi connectivity index (χ3v) is 6.92. The molecule has 0 spiro atoms. The molecule has 202 valence electrons. The van der Waals surface area contributed by atoms with Gasteiger partial charge in [-0.25, -0.2) is 0 Å². The zero-order chi connectivity index (χ0) is 28.3. The molecule has 1 aromatic heterocycles. The van der Waals surface area contributed by atoms with Gasteiger partial charge in [-0.3, -0.25) is 4.79 Å². The van der Waals surface area contributed by atoms with Crippen molar-refractivity contribution in [2.24, 2.45) is 0 Å². The molecule has 0 saturated carbocycles. The number of ether oxygens (including phenoxy) is 1. The molecule has 40 heavy (non-hydrogen) atoms. The van der Waals surface area contributed by atoms with Gasteiger partial charge >= 0.3 is 0 Å². The van der Waals surface area contributed by atoms with E-state index in [4.69, 9.17) is 9.15 Å². The van der Waals surface area contributed by atoms with Gasteiger partial charge in [0, 0.05) is 35.7 Å². The maximum Gasteiger partial charge on any atom is 0.205 e. The number of fused-ring (bicyclic) bond motifs is 2. The first-order chi connectivity index (χ1) is 19.1. The minimum Gasteiger partial charge on any atom is -0.508 e. The van der Waals surface area contributed by atoms with E-state index in [9.17, 15) is 40.5 Å². The predicted molar refractivity (Wildman–Crippen MR) is 143 cm³/mol. The third kappa shape index (κ3) is 3.98. The van der Waals surface area contributed by atoms with E-state index in [1.807, 2.05) is 0 Å². The number of aromatic hydroxyl groups is 6. The van der Waals surface area contributed by atoms with Crippen molar-refractivity contribution in [3.8, 4) is 62.7 Å². The van der Waals surface area contributed by atoms with Gasteiger partial charge in [-0.05, 0) is 42.0 Å². The van der Waals surface area contributed by atoms with Crippen molar-refractivity contribution >= 4 is 11.0 Å². The first-order valence-electron chi connectivity index (χ1n) is 12.2. The summed E-state index contributed by atoms with van der Waals surface area (Å²) in [5.74, 6) is -2.07. The number of phenols is 6. The number of phenolic OH excluding ortho intramolecular Hbond substituents is 6. The highest BCUT2D eigenvalue weighted by Gasteiger charge is 2.35. The lowest BCUT2D eigenvalue weighted by atomic mass is 9.89. The van der Waals surface area contributed by atoms with Crippen molar-refractivity contribution in [3.63, 3.8) is 0 Å². The van der Waals surface area contributed by atoms with Gasteiger partial charge < -0.3 is 44.9 Å². The van der Waals surface area contributed by atoms with Crippen LogP contribution in [-0.4, -0.2) is 41.8 Å². The van der Waals surface area contributed by atoms with Crippen molar-refractivity contribution in [2.75, 3.05) is 0 Å². The molecule has 1 aliphatic heterocycles. The summed E-state index contributed by atoms with van der Waals surface area (Å²) in [6.07, 6.45) is -2.09. The molecular formula is C30H22O10. The predicted octanol–water partition coefficient (Wildman–Crippen LogP) is 4.40. The minimum absolute atomic E-state index is 0.0364. The average Bonchev–Trinajstić information content (AvgIpc) is 2.90. The van der Waals surface area contributed by atoms with Crippen LogP contribution >= 0.6 is 0 Å². The summed E-state index contributed by atoms with van der Waals surface area (Å²) in [5, 5.41) is 72.9. The van der Waals surface area contributed by atoms with Crippen LogP contribution < -0.4 is 10.2 Å². The van der Waals surface area contributed by atoms with E-state index in [2.05, 4.69) is 0 Å². The fraction of sp³-hybridized carbons (Fsp3) is 0.100. The largest absolute Gasteiger partial charge is 0.508 e. The molecule has 0 amide bonds. The van der Waals surface area contributed by atoms with Crippen LogP contribution in [-0.2, 0) is 6.42 Å². The van der Waals surface area contributed by atoms with Crippen molar-refractivity contribution in [1.29, 1.82) is 0 Å². The third-order valence-electron chi connectivity index (χ3n) is 6.92. The lowest BCUT2D eigenvalue weighted by Crippen LogP contribution is -2.30. The van der Waals surface area contributed by atoms with E-state index in [1.165, 1.54) is 42.5 Å². The zero-order valence-corrected chi connectivity index (χ0v) is 20.6. The Morgan fingerprint density at radius 1 is 0.725 bits per heavy atom. The Bertz CT molecular complexity index is 1840. The van der Waals surface area contributed by atoms with Gasteiger partial charge in [0.1, 0.15) is 63.1 Å². The Morgan fingerprint density at radius 2 is 1.38 bits per heavy atom. The van der Waals surface area contributed by atoms with E-state index in [-0.39, 0.29) is 68.4 Å². The Balaban J connectivity index is 1.59. The molecule has 1 aliphatic rings. The van der Waals surface area contributed by atoms with Crippen LogP contribution in [0.4, 0.5) is 0 Å². The van der Waals surface area contributed by atoms with Crippen molar-refractivity contribution < 1.29 is 44.9 Å². The molecule has 0 aliphatic carbocycles. The van der Waals surface area contributed by atoms with Gasteiger partial charge in [0.2, 0.25) is 5.43 Å². The molecule has 2 heterocycles. The van der Waals surface area contributed by atoms with Crippen LogP contribution in [0.25, 0.3) is 33.4 Å². The van der Waals surface area contributed by atoms with E-state index in [0.29, 0.717) is 5.56 Å². The monoisotopic (exact) mass is 542 g/mol. The van der Waals surface area contributed by atoms with Crippen LogP contribution in [0, 0.1) is 0 Å². The van der Waals surface area contributed by atoms with Crippen molar-refractivity contribution in [1.82, 2.24) is 0 Å². The van der Waals surface area contributed by atoms with Crippen LogP contribution in [0.3, 0.4) is 0 Å². The van der Waals surface area contributed by atoms with E-state index in [1.54, 1.807) is 12.1 Å². The smallest absolute Gasteiger partial charge is 0.205 e. The fourth-order valence-corrected chi connectivity index (χ4v) is 5.03. The van der Waals surface area contributed by atoms with E-state index in [0.717, 1.165) is 12.1 Å². The summed E-state index contributed by atoms with van der Waals surface area (Å²) in [5.41, 5.74) is -0.608. The molecule has 2 unspecified atom stereocenters. The number of aliphatic hydroxyl groups is 1. The van der Waals surface area contributed by atoms with Gasteiger partial charge in [0.05, 0.1) is 17.2 Å². The molecule has 7 N–H and O–H groups in total. The molecule has 0 bridgehead atoms. The van der Waals surface area contributed by atoms with Crippen LogP contribution in [0.1, 0.15) is 17.2 Å². The molecule has 10 nitrogen and oxygen atoms in total. The number of rotatable bonds is 3. The summed E-state index contributed by atoms with van der Waals surface area (Å²) >= 11 is 0. The summed E-state index contributed by atoms with van der Waals surface area (Å²) in [6, 6.07) is 15.0. The fourth-order valence-electron chi connectivity index (χ4n) is 5.03. The molecule has 2 atom stereocenters. The molecule has 5 aromatic rings. The van der Waals surface area contributed by atoms with Crippen molar-refractivity contribution in [2.45, 2.75) is 18.6 Å². The van der Waals surface area contributed by atoms with Crippen LogP contribution in [0.5, 0.6) is 40.2 Å². The molecule has 6 rings (SSSR count). The first-order valence-corrected chi connectivity index (χ1v) is 12.2. The first kappa shape index (κ1) is 25.0. The van der Waals surface area contributed by atoms with E-state index >= 15 is 0 Å². The number of aliphatic hydroxyl groups excluding tert-OH is 1. The highest BCUT2D eigenvalue weighted by Crippen LogP contribution is 2.50.